The highest BCUT2D eigenvalue weighted by molar-refractivity contribution is 6.42. The zero-order valence-electron chi connectivity index (χ0n) is 16.7. The fourth-order valence-corrected chi connectivity index (χ4v) is 3.33. The molecule has 4 nitrogen and oxygen atoms in total. The number of carbonyl (C=O) groups excluding carboxylic acids is 2. The van der Waals surface area contributed by atoms with Crippen molar-refractivity contribution in [1.29, 1.82) is 0 Å². The second kappa shape index (κ2) is 10.6. The van der Waals surface area contributed by atoms with E-state index in [4.69, 9.17) is 23.2 Å². The van der Waals surface area contributed by atoms with Gasteiger partial charge in [-0.25, -0.2) is 4.39 Å². The van der Waals surface area contributed by atoms with Gasteiger partial charge in [0.25, 0.3) is 0 Å². The third-order valence-corrected chi connectivity index (χ3v) is 5.16. The molecule has 0 saturated carbocycles. The Hall–Kier alpha value is -2.11. The van der Waals surface area contributed by atoms with Crippen molar-refractivity contribution in [2.45, 2.75) is 52.2 Å². The topological polar surface area (TPSA) is 49.4 Å². The predicted octanol–water partition coefficient (Wildman–Crippen LogP) is 5.01. The summed E-state index contributed by atoms with van der Waals surface area (Å²) in [5.74, 6) is -0.805. The Bertz CT molecular complexity index is 856. The lowest BCUT2D eigenvalue weighted by Gasteiger charge is -2.31. The van der Waals surface area contributed by atoms with Gasteiger partial charge in [-0.3, -0.25) is 9.59 Å². The molecule has 0 radical (unpaired) electrons. The second-order valence-corrected chi connectivity index (χ2v) is 7.98. The lowest BCUT2D eigenvalue weighted by molar-refractivity contribution is -0.141. The largest absolute Gasteiger partial charge is 0.352 e. The zero-order chi connectivity index (χ0) is 21.6. The first-order chi connectivity index (χ1) is 13.7. The number of hydrogen-bond donors (Lipinski definition) is 1. The summed E-state index contributed by atoms with van der Waals surface area (Å²) in [4.78, 5) is 27.4. The normalized spacial score (nSPS) is 12.0. The Balaban J connectivity index is 2.31. The van der Waals surface area contributed by atoms with Crippen LogP contribution in [0.3, 0.4) is 0 Å². The average Bonchev–Trinajstić information content (AvgIpc) is 2.65. The summed E-state index contributed by atoms with van der Waals surface area (Å²) in [6.45, 7) is 5.81. The number of nitrogens with zero attached hydrogens (tertiary/aromatic N) is 1. The van der Waals surface area contributed by atoms with E-state index in [1.807, 2.05) is 20.8 Å². The highest BCUT2D eigenvalue weighted by Crippen LogP contribution is 2.24. The predicted molar refractivity (Wildman–Crippen MR) is 114 cm³/mol. The van der Waals surface area contributed by atoms with Crippen LogP contribution < -0.4 is 5.32 Å². The van der Waals surface area contributed by atoms with E-state index >= 15 is 0 Å². The second-order valence-electron chi connectivity index (χ2n) is 7.16. The Morgan fingerprint density at radius 3 is 2.21 bits per heavy atom. The van der Waals surface area contributed by atoms with Gasteiger partial charge in [0.1, 0.15) is 11.9 Å². The van der Waals surface area contributed by atoms with Crippen molar-refractivity contribution in [2.24, 2.45) is 0 Å². The number of hydrogen-bond acceptors (Lipinski definition) is 2. The maximum Gasteiger partial charge on any atom is 0.243 e. The van der Waals surface area contributed by atoms with Crippen LogP contribution in [0.25, 0.3) is 0 Å². The Kier molecular flexibility index (Phi) is 8.47. The minimum absolute atomic E-state index is 0.0458. The van der Waals surface area contributed by atoms with E-state index in [-0.39, 0.29) is 36.6 Å². The summed E-state index contributed by atoms with van der Waals surface area (Å²) in [5, 5.41) is 3.68. The molecule has 0 unspecified atom stereocenters. The third kappa shape index (κ3) is 6.72. The van der Waals surface area contributed by atoms with Gasteiger partial charge in [0, 0.05) is 12.6 Å². The molecule has 2 aromatic carbocycles. The lowest BCUT2D eigenvalue weighted by atomic mass is 10.1. The highest BCUT2D eigenvalue weighted by atomic mass is 35.5. The molecule has 156 valence electrons. The molecule has 1 atom stereocenters. The molecule has 0 aliphatic rings. The number of benzene rings is 2. The molecular formula is C22H25Cl2FN2O2. The van der Waals surface area contributed by atoms with Gasteiger partial charge < -0.3 is 10.2 Å². The fourth-order valence-electron chi connectivity index (χ4n) is 3.01. The van der Waals surface area contributed by atoms with Crippen LogP contribution in [0.4, 0.5) is 4.39 Å². The first kappa shape index (κ1) is 23.2. The maximum absolute atomic E-state index is 13.2. The van der Waals surface area contributed by atoms with E-state index in [2.05, 4.69) is 5.32 Å². The van der Waals surface area contributed by atoms with Crippen molar-refractivity contribution in [2.75, 3.05) is 0 Å². The van der Waals surface area contributed by atoms with Crippen LogP contribution in [0.5, 0.6) is 0 Å². The first-order valence-electron chi connectivity index (χ1n) is 9.49. The minimum atomic E-state index is -0.639. The van der Waals surface area contributed by atoms with Gasteiger partial charge in [-0.2, -0.15) is 0 Å². The van der Waals surface area contributed by atoms with Crippen molar-refractivity contribution in [3.05, 3.63) is 69.5 Å². The lowest BCUT2D eigenvalue weighted by Crippen LogP contribution is -2.50. The number of amides is 2. The molecule has 1 N–H and O–H groups in total. The van der Waals surface area contributed by atoms with Crippen molar-refractivity contribution in [1.82, 2.24) is 10.2 Å². The average molecular weight is 439 g/mol. The molecule has 0 aromatic heterocycles. The smallest absolute Gasteiger partial charge is 0.243 e. The summed E-state index contributed by atoms with van der Waals surface area (Å²) in [7, 11) is 0. The van der Waals surface area contributed by atoms with Gasteiger partial charge in [0.05, 0.1) is 16.5 Å². The van der Waals surface area contributed by atoms with E-state index in [9.17, 15) is 14.0 Å². The molecule has 2 amide bonds. The number of carbonyl (C=O) groups is 2. The molecule has 0 aliphatic heterocycles. The van der Waals surface area contributed by atoms with Gasteiger partial charge in [-0.1, -0.05) is 48.3 Å². The van der Waals surface area contributed by atoms with Crippen LogP contribution in [0.1, 0.15) is 38.3 Å². The summed E-state index contributed by atoms with van der Waals surface area (Å²) in [5.41, 5.74) is 1.44. The zero-order valence-corrected chi connectivity index (χ0v) is 18.2. The van der Waals surface area contributed by atoms with Crippen molar-refractivity contribution in [3.63, 3.8) is 0 Å². The van der Waals surface area contributed by atoms with Crippen LogP contribution in [0, 0.1) is 5.82 Å². The summed E-state index contributed by atoms with van der Waals surface area (Å²) >= 11 is 12.1. The Morgan fingerprint density at radius 2 is 1.66 bits per heavy atom. The Morgan fingerprint density at radius 1 is 1.03 bits per heavy atom. The summed E-state index contributed by atoms with van der Waals surface area (Å²) in [6.07, 6.45) is 0.516. The quantitative estimate of drug-likeness (QED) is 0.629. The van der Waals surface area contributed by atoms with Gasteiger partial charge in [-0.05, 0) is 55.7 Å². The van der Waals surface area contributed by atoms with Crippen LogP contribution in [0.15, 0.2) is 42.5 Å². The molecule has 0 spiro atoms. The maximum atomic E-state index is 13.2. The Labute approximate surface area is 181 Å². The van der Waals surface area contributed by atoms with Crippen LogP contribution in [-0.2, 0) is 22.6 Å². The molecule has 0 aliphatic carbocycles. The molecule has 2 rings (SSSR count). The van der Waals surface area contributed by atoms with Crippen LogP contribution in [-0.4, -0.2) is 28.8 Å². The number of nitrogens with one attached hydrogen (secondary N) is 1. The van der Waals surface area contributed by atoms with Crippen molar-refractivity contribution >= 4 is 35.0 Å². The third-order valence-electron chi connectivity index (χ3n) is 4.42. The van der Waals surface area contributed by atoms with Crippen molar-refractivity contribution < 1.29 is 14.0 Å². The monoisotopic (exact) mass is 438 g/mol. The molecule has 7 heteroatoms. The molecule has 0 bridgehead atoms. The molecule has 0 fully saturated rings. The van der Waals surface area contributed by atoms with Crippen LogP contribution in [0.2, 0.25) is 10.0 Å². The standard InChI is InChI=1S/C22H25Cl2FN2O2/c1-4-20(22(29)26-14(2)3)27(13-16-7-10-18(23)19(24)11-16)21(28)12-15-5-8-17(25)9-6-15/h5-11,14,20H,4,12-13H2,1-3H3,(H,26,29)/t20-/m1/s1. The fraction of sp³-hybridized carbons (Fsp3) is 0.364. The van der Waals surface area contributed by atoms with Crippen molar-refractivity contribution in [3.8, 4) is 0 Å². The molecular weight excluding hydrogens is 414 g/mol. The first-order valence-corrected chi connectivity index (χ1v) is 10.2. The molecule has 0 saturated heterocycles. The van der Waals surface area contributed by atoms with Gasteiger partial charge in [-0.15, -0.1) is 0 Å². The van der Waals surface area contributed by atoms with E-state index in [0.717, 1.165) is 5.56 Å². The SMILES string of the molecule is CC[C@H](C(=O)NC(C)C)N(Cc1ccc(Cl)c(Cl)c1)C(=O)Cc1ccc(F)cc1. The molecule has 2 aromatic rings. The minimum Gasteiger partial charge on any atom is -0.352 e. The highest BCUT2D eigenvalue weighted by Gasteiger charge is 2.29. The van der Waals surface area contributed by atoms with E-state index in [1.54, 1.807) is 35.2 Å². The summed E-state index contributed by atoms with van der Waals surface area (Å²) in [6, 6.07) is 10.2. The number of halogens is 3. The summed E-state index contributed by atoms with van der Waals surface area (Å²) < 4.78 is 13.2. The molecule has 0 heterocycles. The van der Waals surface area contributed by atoms with Gasteiger partial charge in [0.2, 0.25) is 11.8 Å². The van der Waals surface area contributed by atoms with E-state index < -0.39 is 6.04 Å². The number of rotatable bonds is 8. The van der Waals surface area contributed by atoms with Gasteiger partial charge >= 0.3 is 0 Å². The van der Waals surface area contributed by atoms with E-state index in [0.29, 0.717) is 22.0 Å². The van der Waals surface area contributed by atoms with Crippen LogP contribution >= 0.6 is 23.2 Å². The van der Waals surface area contributed by atoms with E-state index in [1.165, 1.54) is 12.1 Å². The van der Waals surface area contributed by atoms with Gasteiger partial charge in [0.15, 0.2) is 0 Å². The molecule has 29 heavy (non-hydrogen) atoms.